The van der Waals surface area contributed by atoms with Crippen LogP contribution in [0.4, 0.5) is 9.93 Å². The van der Waals surface area contributed by atoms with E-state index >= 15 is 0 Å². The summed E-state index contributed by atoms with van der Waals surface area (Å²) in [6.45, 7) is 12.0. The number of hydrogen-bond donors (Lipinski definition) is 1. The molecule has 0 aromatic carbocycles. The first-order valence-electron chi connectivity index (χ1n) is 11.5. The average molecular weight is 492 g/mol. The third kappa shape index (κ3) is 5.73. The van der Waals surface area contributed by atoms with E-state index in [0.717, 1.165) is 47.2 Å². The maximum atomic E-state index is 13.3. The van der Waals surface area contributed by atoms with Crippen molar-refractivity contribution in [2.75, 3.05) is 25.0 Å². The second kappa shape index (κ2) is 9.68. The van der Waals surface area contributed by atoms with E-state index in [1.807, 2.05) is 40.0 Å². The second-order valence-electron chi connectivity index (χ2n) is 9.81. The van der Waals surface area contributed by atoms with Gasteiger partial charge in [-0.05, 0) is 67.0 Å². The first-order chi connectivity index (χ1) is 15.6. The summed E-state index contributed by atoms with van der Waals surface area (Å²) in [6.07, 6.45) is 3.75. The van der Waals surface area contributed by atoms with Crippen LogP contribution in [-0.2, 0) is 9.53 Å². The summed E-state index contributed by atoms with van der Waals surface area (Å²) in [4.78, 5) is 40.4. The van der Waals surface area contributed by atoms with E-state index in [0.29, 0.717) is 18.1 Å². The van der Waals surface area contributed by atoms with Crippen molar-refractivity contribution in [1.29, 1.82) is 0 Å². The van der Waals surface area contributed by atoms with Crippen molar-refractivity contribution in [3.05, 3.63) is 16.1 Å². The molecule has 4 heterocycles. The number of nitrogens with zero attached hydrogens (tertiary/aromatic N) is 4. The molecule has 1 N–H and O–H groups in total. The van der Waals surface area contributed by atoms with Crippen molar-refractivity contribution in [3.63, 3.8) is 0 Å². The SMILES string of the molecule is Cc1nc(C)c(-c2csc(NC(=O)[C@@H]3C[C@@H](N4CCCCC4)CN3C(=O)OC(C)(C)C)n2)s1. The number of amides is 2. The Bertz CT molecular complexity index is 1010. The molecule has 4 rings (SSSR count). The average Bonchev–Trinajstić information content (AvgIpc) is 3.45. The normalized spacial score (nSPS) is 21.9. The number of thiazole rings is 2. The lowest BCUT2D eigenvalue weighted by Crippen LogP contribution is -2.46. The molecule has 33 heavy (non-hydrogen) atoms. The molecule has 0 unspecified atom stereocenters. The van der Waals surface area contributed by atoms with Gasteiger partial charge < -0.3 is 10.1 Å². The van der Waals surface area contributed by atoms with Gasteiger partial charge in [-0.2, -0.15) is 0 Å². The topological polar surface area (TPSA) is 87.7 Å². The number of likely N-dealkylation sites (tertiary alicyclic amines) is 2. The van der Waals surface area contributed by atoms with Crippen molar-refractivity contribution < 1.29 is 14.3 Å². The minimum atomic E-state index is -0.615. The van der Waals surface area contributed by atoms with Crippen LogP contribution in [0.2, 0.25) is 0 Å². The van der Waals surface area contributed by atoms with Gasteiger partial charge >= 0.3 is 6.09 Å². The number of piperidine rings is 1. The standard InChI is InChI=1S/C23H33N5O3S2/c1-14-19(33-15(2)24-14)17-13-32-21(25-17)26-20(29)18-11-16(27-9-7-6-8-10-27)12-28(18)22(30)31-23(3,4)5/h13,16,18H,6-12H2,1-5H3,(H,25,26,29)/t16-,18+/m1/s1. The minimum Gasteiger partial charge on any atom is -0.444 e. The molecule has 0 saturated carbocycles. The third-order valence-electron chi connectivity index (χ3n) is 5.99. The van der Waals surface area contributed by atoms with Crippen molar-refractivity contribution in [2.24, 2.45) is 0 Å². The fourth-order valence-corrected chi connectivity index (χ4v) is 6.19. The summed E-state index contributed by atoms with van der Waals surface area (Å²) in [5.41, 5.74) is 1.15. The molecule has 8 nitrogen and oxygen atoms in total. The Morgan fingerprint density at radius 2 is 1.88 bits per heavy atom. The molecular weight excluding hydrogens is 458 g/mol. The van der Waals surface area contributed by atoms with Gasteiger partial charge in [-0.3, -0.25) is 14.6 Å². The van der Waals surface area contributed by atoms with Gasteiger partial charge in [0, 0.05) is 18.0 Å². The Labute approximate surface area is 203 Å². The van der Waals surface area contributed by atoms with E-state index in [2.05, 4.69) is 20.2 Å². The lowest BCUT2D eigenvalue weighted by molar-refractivity contribution is -0.120. The lowest BCUT2D eigenvalue weighted by Gasteiger charge is -2.32. The fraction of sp³-hybridized carbons (Fsp3) is 0.652. The smallest absolute Gasteiger partial charge is 0.411 e. The summed E-state index contributed by atoms with van der Waals surface area (Å²) in [5.74, 6) is -0.210. The van der Waals surface area contributed by atoms with Gasteiger partial charge in [0.2, 0.25) is 5.91 Å². The third-order valence-corrected chi connectivity index (χ3v) is 7.84. The van der Waals surface area contributed by atoms with Crippen LogP contribution in [0.3, 0.4) is 0 Å². The van der Waals surface area contributed by atoms with E-state index in [-0.39, 0.29) is 11.9 Å². The van der Waals surface area contributed by atoms with Crippen LogP contribution >= 0.6 is 22.7 Å². The molecule has 180 valence electrons. The van der Waals surface area contributed by atoms with Crippen molar-refractivity contribution >= 4 is 39.8 Å². The Balaban J connectivity index is 1.49. The van der Waals surface area contributed by atoms with Crippen LogP contribution < -0.4 is 5.32 Å². The zero-order valence-electron chi connectivity index (χ0n) is 20.0. The molecule has 2 aliphatic rings. The van der Waals surface area contributed by atoms with Gasteiger partial charge in [0.15, 0.2) is 5.13 Å². The molecule has 0 spiro atoms. The predicted octanol–water partition coefficient (Wildman–Crippen LogP) is 4.69. The number of carbonyl (C=O) groups excluding carboxylic acids is 2. The second-order valence-corrected chi connectivity index (χ2v) is 11.9. The molecule has 2 aliphatic heterocycles. The Kier molecular flexibility index (Phi) is 7.07. The molecule has 2 atom stereocenters. The summed E-state index contributed by atoms with van der Waals surface area (Å²) in [5, 5.41) is 6.42. The van der Waals surface area contributed by atoms with Crippen molar-refractivity contribution in [2.45, 2.75) is 78.0 Å². The monoisotopic (exact) mass is 491 g/mol. The van der Waals surface area contributed by atoms with Gasteiger partial charge in [-0.15, -0.1) is 22.7 Å². The van der Waals surface area contributed by atoms with E-state index in [1.165, 1.54) is 17.8 Å². The molecule has 0 radical (unpaired) electrons. The molecule has 2 fully saturated rings. The Hall–Kier alpha value is -2.04. The van der Waals surface area contributed by atoms with Gasteiger partial charge in [0.05, 0.1) is 21.3 Å². The highest BCUT2D eigenvalue weighted by atomic mass is 32.1. The Morgan fingerprint density at radius 1 is 1.15 bits per heavy atom. The maximum absolute atomic E-state index is 13.3. The molecule has 2 aromatic heterocycles. The molecule has 2 amide bonds. The van der Waals surface area contributed by atoms with E-state index in [4.69, 9.17) is 4.74 Å². The summed E-state index contributed by atoms with van der Waals surface area (Å²) >= 11 is 2.98. The highest BCUT2D eigenvalue weighted by Gasteiger charge is 2.43. The van der Waals surface area contributed by atoms with Crippen LogP contribution in [0.1, 0.15) is 57.2 Å². The van der Waals surface area contributed by atoms with E-state index < -0.39 is 17.7 Å². The van der Waals surface area contributed by atoms with Crippen LogP contribution in [-0.4, -0.2) is 69.1 Å². The number of rotatable bonds is 4. The van der Waals surface area contributed by atoms with Gasteiger partial charge in [0.25, 0.3) is 0 Å². The quantitative estimate of drug-likeness (QED) is 0.668. The predicted molar refractivity (Wildman–Crippen MR) is 132 cm³/mol. The minimum absolute atomic E-state index is 0.170. The van der Waals surface area contributed by atoms with Crippen molar-refractivity contribution in [1.82, 2.24) is 19.8 Å². The number of aromatic nitrogens is 2. The van der Waals surface area contributed by atoms with Gasteiger partial charge in [0.1, 0.15) is 11.6 Å². The zero-order chi connectivity index (χ0) is 23.8. The van der Waals surface area contributed by atoms with Crippen LogP contribution in [0.15, 0.2) is 5.38 Å². The molecule has 2 saturated heterocycles. The van der Waals surface area contributed by atoms with E-state index in [9.17, 15) is 9.59 Å². The summed E-state index contributed by atoms with van der Waals surface area (Å²) in [7, 11) is 0. The number of anilines is 1. The largest absolute Gasteiger partial charge is 0.444 e. The highest BCUT2D eigenvalue weighted by molar-refractivity contribution is 7.16. The number of ether oxygens (including phenoxy) is 1. The highest BCUT2D eigenvalue weighted by Crippen LogP contribution is 2.33. The van der Waals surface area contributed by atoms with Crippen LogP contribution in [0, 0.1) is 13.8 Å². The van der Waals surface area contributed by atoms with E-state index in [1.54, 1.807) is 16.2 Å². The summed E-state index contributed by atoms with van der Waals surface area (Å²) in [6, 6.07) is -0.408. The van der Waals surface area contributed by atoms with Gasteiger partial charge in [-0.1, -0.05) is 6.42 Å². The lowest BCUT2D eigenvalue weighted by atomic mass is 10.1. The number of nitrogens with one attached hydrogen (secondary N) is 1. The number of aryl methyl sites for hydroxylation is 2. The molecular formula is C23H33N5O3S2. The van der Waals surface area contributed by atoms with Crippen LogP contribution in [0.5, 0.6) is 0 Å². The Morgan fingerprint density at radius 3 is 2.52 bits per heavy atom. The number of carbonyl (C=O) groups is 2. The molecule has 0 bridgehead atoms. The number of hydrogen-bond acceptors (Lipinski definition) is 8. The zero-order valence-corrected chi connectivity index (χ0v) is 21.6. The van der Waals surface area contributed by atoms with Gasteiger partial charge in [-0.25, -0.2) is 14.8 Å². The summed E-state index contributed by atoms with van der Waals surface area (Å²) < 4.78 is 5.64. The van der Waals surface area contributed by atoms with Crippen molar-refractivity contribution in [3.8, 4) is 10.6 Å². The molecule has 2 aromatic rings. The molecule has 0 aliphatic carbocycles. The first kappa shape index (κ1) is 24.1. The maximum Gasteiger partial charge on any atom is 0.411 e. The van der Waals surface area contributed by atoms with Crippen LogP contribution in [0.25, 0.3) is 10.6 Å². The molecule has 10 heteroatoms. The first-order valence-corrected chi connectivity index (χ1v) is 13.2. The fourth-order valence-electron chi connectivity index (χ4n) is 4.53.